The van der Waals surface area contributed by atoms with Gasteiger partial charge in [-0.15, -0.1) is 0 Å². The van der Waals surface area contributed by atoms with Gasteiger partial charge >= 0.3 is 0 Å². The largest absolute Gasteiger partial charge is 0.388 e. The molecule has 2 N–H and O–H groups in total. The van der Waals surface area contributed by atoms with Gasteiger partial charge in [-0.3, -0.25) is 4.79 Å². The summed E-state index contributed by atoms with van der Waals surface area (Å²) in [6.45, 7) is 3.89. The van der Waals surface area contributed by atoms with Gasteiger partial charge in [0.15, 0.2) is 0 Å². The van der Waals surface area contributed by atoms with E-state index in [4.69, 9.17) is 0 Å². The Balaban J connectivity index is 2.15. The lowest BCUT2D eigenvalue weighted by Gasteiger charge is -2.07. The van der Waals surface area contributed by atoms with Crippen LogP contribution in [0.2, 0.25) is 0 Å². The molecule has 0 fully saturated rings. The van der Waals surface area contributed by atoms with Gasteiger partial charge in [0.25, 0.3) is 5.91 Å². The number of aryl methyl sites for hydroxylation is 2. The number of aromatic nitrogens is 1. The quantitative estimate of drug-likeness (QED) is 0.886. The van der Waals surface area contributed by atoms with Crippen LogP contribution in [0.25, 0.3) is 0 Å². The second-order valence-corrected chi connectivity index (χ2v) is 4.45. The predicted molar refractivity (Wildman–Crippen MR) is 77.7 cm³/mol. The zero-order valence-corrected chi connectivity index (χ0v) is 11.3. The summed E-state index contributed by atoms with van der Waals surface area (Å²) in [6.07, 6.45) is 0. The van der Waals surface area contributed by atoms with Gasteiger partial charge in [0, 0.05) is 24.0 Å². The normalized spacial score (nSPS) is 10.1. The molecule has 19 heavy (non-hydrogen) atoms. The predicted octanol–water partition coefficient (Wildman–Crippen LogP) is 2.99. The van der Waals surface area contributed by atoms with Gasteiger partial charge in [0.05, 0.1) is 0 Å². The molecule has 4 heteroatoms. The maximum Gasteiger partial charge on any atom is 0.256 e. The van der Waals surface area contributed by atoms with Crippen molar-refractivity contribution in [3.05, 3.63) is 53.2 Å². The van der Waals surface area contributed by atoms with Gasteiger partial charge in [-0.1, -0.05) is 0 Å². The van der Waals surface area contributed by atoms with Crippen LogP contribution in [0.5, 0.6) is 0 Å². The molecular formula is C15H17N3O. The summed E-state index contributed by atoms with van der Waals surface area (Å²) in [4.78, 5) is 16.4. The lowest BCUT2D eigenvalue weighted by Crippen LogP contribution is -2.13. The molecule has 0 spiro atoms. The summed E-state index contributed by atoms with van der Waals surface area (Å²) < 4.78 is 0. The van der Waals surface area contributed by atoms with Crippen molar-refractivity contribution in [3.63, 3.8) is 0 Å². The summed E-state index contributed by atoms with van der Waals surface area (Å²) in [5.74, 6) is 0.431. The first-order valence-electron chi connectivity index (χ1n) is 6.13. The fourth-order valence-electron chi connectivity index (χ4n) is 1.88. The van der Waals surface area contributed by atoms with Crippen LogP contribution in [0.4, 0.5) is 11.5 Å². The van der Waals surface area contributed by atoms with E-state index in [0.717, 1.165) is 16.9 Å². The minimum atomic E-state index is -0.153. The summed E-state index contributed by atoms with van der Waals surface area (Å²) in [5.41, 5.74) is 3.55. The zero-order valence-electron chi connectivity index (χ0n) is 11.3. The number of nitrogens with one attached hydrogen (secondary N) is 2. The molecule has 1 aromatic carbocycles. The van der Waals surface area contributed by atoms with Gasteiger partial charge < -0.3 is 10.6 Å². The number of hydrogen-bond acceptors (Lipinski definition) is 3. The smallest absolute Gasteiger partial charge is 0.256 e. The molecule has 0 aliphatic carbocycles. The molecule has 98 valence electrons. The molecule has 0 saturated heterocycles. The number of anilines is 2. The third-order valence-electron chi connectivity index (χ3n) is 2.78. The highest BCUT2D eigenvalue weighted by molar-refractivity contribution is 6.03. The van der Waals surface area contributed by atoms with Crippen molar-refractivity contribution in [1.82, 2.24) is 4.98 Å². The monoisotopic (exact) mass is 255 g/mol. The molecule has 0 saturated carbocycles. The Morgan fingerprint density at radius 1 is 1.11 bits per heavy atom. The summed E-state index contributed by atoms with van der Waals surface area (Å²) >= 11 is 0. The van der Waals surface area contributed by atoms with Crippen LogP contribution in [-0.2, 0) is 0 Å². The lowest BCUT2D eigenvalue weighted by molar-refractivity contribution is 0.102. The molecule has 4 nitrogen and oxygen atoms in total. The molecule has 1 heterocycles. The van der Waals surface area contributed by atoms with Crippen molar-refractivity contribution in [2.75, 3.05) is 17.7 Å². The number of carbonyl (C=O) groups excluding carboxylic acids is 1. The third-order valence-corrected chi connectivity index (χ3v) is 2.78. The number of pyridine rings is 1. The Kier molecular flexibility index (Phi) is 3.80. The van der Waals surface area contributed by atoms with Gasteiger partial charge in [-0.2, -0.15) is 0 Å². The Bertz CT molecular complexity index is 571. The summed E-state index contributed by atoms with van der Waals surface area (Å²) in [5, 5.41) is 5.82. The van der Waals surface area contributed by atoms with Gasteiger partial charge in [0.2, 0.25) is 0 Å². The fourth-order valence-corrected chi connectivity index (χ4v) is 1.88. The molecule has 0 radical (unpaired) electrons. The molecule has 1 aromatic heterocycles. The third kappa shape index (κ3) is 3.31. The average Bonchev–Trinajstić information content (AvgIpc) is 2.37. The van der Waals surface area contributed by atoms with E-state index in [0.29, 0.717) is 11.4 Å². The van der Waals surface area contributed by atoms with Crippen molar-refractivity contribution in [1.29, 1.82) is 0 Å². The van der Waals surface area contributed by atoms with E-state index in [1.165, 1.54) is 0 Å². The minimum Gasteiger partial charge on any atom is -0.388 e. The highest BCUT2D eigenvalue weighted by Crippen LogP contribution is 2.13. The maximum atomic E-state index is 12.1. The van der Waals surface area contributed by atoms with Crippen LogP contribution in [0.15, 0.2) is 36.4 Å². The summed E-state index contributed by atoms with van der Waals surface area (Å²) in [7, 11) is 1.84. The minimum absolute atomic E-state index is 0.153. The molecule has 2 aromatic rings. The Labute approximate surface area is 112 Å². The van der Waals surface area contributed by atoms with E-state index in [1.807, 2.05) is 45.2 Å². The van der Waals surface area contributed by atoms with E-state index in [1.54, 1.807) is 12.1 Å². The Morgan fingerprint density at radius 2 is 1.79 bits per heavy atom. The summed E-state index contributed by atoms with van der Waals surface area (Å²) in [6, 6.07) is 11.1. The first-order chi connectivity index (χ1) is 9.08. The number of carbonyl (C=O) groups is 1. The van der Waals surface area contributed by atoms with Crippen LogP contribution >= 0.6 is 0 Å². The van der Waals surface area contributed by atoms with Gasteiger partial charge in [-0.25, -0.2) is 4.98 Å². The molecule has 0 aliphatic rings. The van der Waals surface area contributed by atoms with Crippen LogP contribution in [0.1, 0.15) is 21.6 Å². The standard InChI is InChI=1S/C15H17N3O/c1-10-8-11(2)17-14(9-10)18-15(19)12-4-6-13(16-3)7-5-12/h4-9,16H,1-3H3,(H,17,18,19). The number of amides is 1. The second kappa shape index (κ2) is 5.52. The number of hydrogen-bond donors (Lipinski definition) is 2. The van der Waals surface area contributed by atoms with Crippen molar-refractivity contribution in [2.45, 2.75) is 13.8 Å². The fraction of sp³-hybridized carbons (Fsp3) is 0.200. The molecule has 1 amide bonds. The van der Waals surface area contributed by atoms with Crippen molar-refractivity contribution in [2.24, 2.45) is 0 Å². The van der Waals surface area contributed by atoms with Crippen molar-refractivity contribution in [3.8, 4) is 0 Å². The van der Waals surface area contributed by atoms with Crippen molar-refractivity contribution < 1.29 is 4.79 Å². The van der Waals surface area contributed by atoms with E-state index in [2.05, 4.69) is 15.6 Å². The number of benzene rings is 1. The second-order valence-electron chi connectivity index (χ2n) is 4.45. The van der Waals surface area contributed by atoms with Crippen LogP contribution in [0.3, 0.4) is 0 Å². The van der Waals surface area contributed by atoms with E-state index in [9.17, 15) is 4.79 Å². The SMILES string of the molecule is CNc1ccc(C(=O)Nc2cc(C)cc(C)n2)cc1. The maximum absolute atomic E-state index is 12.1. The van der Waals surface area contributed by atoms with Crippen molar-refractivity contribution >= 4 is 17.4 Å². The van der Waals surface area contributed by atoms with E-state index >= 15 is 0 Å². The Hall–Kier alpha value is -2.36. The van der Waals surface area contributed by atoms with Crippen LogP contribution in [-0.4, -0.2) is 17.9 Å². The lowest BCUT2D eigenvalue weighted by atomic mass is 10.2. The van der Waals surface area contributed by atoms with Crippen LogP contribution in [0, 0.1) is 13.8 Å². The topological polar surface area (TPSA) is 54.0 Å². The van der Waals surface area contributed by atoms with Gasteiger partial charge in [-0.05, 0) is 55.8 Å². The average molecular weight is 255 g/mol. The zero-order chi connectivity index (χ0) is 13.8. The number of rotatable bonds is 3. The molecule has 0 unspecified atom stereocenters. The Morgan fingerprint density at radius 3 is 2.37 bits per heavy atom. The highest BCUT2D eigenvalue weighted by Gasteiger charge is 2.07. The molecular weight excluding hydrogens is 238 g/mol. The molecule has 0 aliphatic heterocycles. The van der Waals surface area contributed by atoms with Crippen LogP contribution < -0.4 is 10.6 Å². The van der Waals surface area contributed by atoms with E-state index < -0.39 is 0 Å². The van der Waals surface area contributed by atoms with Gasteiger partial charge in [0.1, 0.15) is 5.82 Å². The first kappa shape index (κ1) is 13.1. The molecule has 0 bridgehead atoms. The molecule has 2 rings (SSSR count). The highest BCUT2D eigenvalue weighted by atomic mass is 16.1. The molecule has 0 atom stereocenters. The first-order valence-corrected chi connectivity index (χ1v) is 6.13. The van der Waals surface area contributed by atoms with E-state index in [-0.39, 0.29) is 5.91 Å². The number of nitrogens with zero attached hydrogens (tertiary/aromatic N) is 1.